The summed E-state index contributed by atoms with van der Waals surface area (Å²) in [6.07, 6.45) is 0. The quantitative estimate of drug-likeness (QED) is 0.209. The van der Waals surface area contributed by atoms with Crippen molar-refractivity contribution in [3.63, 3.8) is 0 Å². The summed E-state index contributed by atoms with van der Waals surface area (Å²) in [7, 11) is 0. The Hall–Kier alpha value is -2.84. The summed E-state index contributed by atoms with van der Waals surface area (Å²) in [6, 6.07) is -9.30. The van der Waals surface area contributed by atoms with E-state index in [0.29, 0.717) is 0 Å². The Morgan fingerprint density at radius 2 is 0.440 bits per heavy atom. The van der Waals surface area contributed by atoms with Crippen LogP contribution in [0.2, 0.25) is 0 Å². The van der Waals surface area contributed by atoms with E-state index in [1.165, 1.54) is 0 Å². The molecule has 0 atom stereocenters. The van der Waals surface area contributed by atoms with Gasteiger partial charge in [0, 0.05) is 26.2 Å². The first-order valence-corrected chi connectivity index (χ1v) is 4.28. The maximum absolute atomic E-state index is 10.6. The van der Waals surface area contributed by atoms with Crippen LogP contribution < -0.4 is 0 Å². The van der Waals surface area contributed by atoms with Crippen LogP contribution in [-0.4, -0.2) is 68.5 Å². The molecule has 0 aliphatic heterocycles. The van der Waals surface area contributed by atoms with Gasteiger partial charge in [0.25, 0.3) is 0 Å². The van der Waals surface area contributed by atoms with E-state index in [0.717, 1.165) is 0 Å². The Morgan fingerprint density at radius 1 is 0.400 bits per heavy atom. The van der Waals surface area contributed by atoms with Crippen LogP contribution in [-0.2, 0) is 64.6 Å². The average molecular weight is 459 g/mol. The number of aliphatic carboxylic acids is 4. The van der Waals surface area contributed by atoms with Gasteiger partial charge in [0.05, 0.1) is 0 Å². The zero-order chi connectivity index (χ0) is 20.6. The van der Waals surface area contributed by atoms with Crippen LogP contribution in [0.1, 0.15) is 0 Å². The van der Waals surface area contributed by atoms with Crippen LogP contribution in [0.5, 0.6) is 0 Å². The fraction of sp³-hybridized carbons (Fsp3) is 0. The van der Waals surface area contributed by atoms with E-state index in [1.54, 1.807) is 0 Å². The van der Waals surface area contributed by atoms with Gasteiger partial charge in [-0.25, -0.2) is 38.4 Å². The molecule has 0 radical (unpaired) electrons. The molecule has 0 aromatic heterocycles. The van der Waals surface area contributed by atoms with Crippen molar-refractivity contribution < 1.29 is 103 Å². The molecule has 0 amide bonds. The summed E-state index contributed by atoms with van der Waals surface area (Å²) >= 11 is 0. The number of carbonyl (C=O) groups is 8. The fourth-order valence-electron chi connectivity index (χ4n) is 0. The van der Waals surface area contributed by atoms with Gasteiger partial charge in [-0.3, -0.25) is 0 Å². The van der Waals surface area contributed by atoms with Crippen molar-refractivity contribution in [2.45, 2.75) is 0 Å². The maximum Gasteiger partial charge on any atom is 0.409 e. The zero-order valence-electron chi connectivity index (χ0n) is 11.1. The summed E-state index contributed by atoms with van der Waals surface area (Å²) in [5.41, 5.74) is 0. The maximum atomic E-state index is 10.6. The van der Waals surface area contributed by atoms with Crippen LogP contribution in [0.15, 0.2) is 0 Å². The van der Waals surface area contributed by atoms with Gasteiger partial charge in [0.15, 0.2) is 0 Å². The zero-order valence-corrected chi connectivity index (χ0v) is 13.5. The molecule has 0 unspecified atom stereocenters. The number of halogens is 4. The summed E-state index contributed by atoms with van der Waals surface area (Å²) in [5.74, 6) is -8.19. The smallest absolute Gasteiger partial charge is 0.409 e. The van der Waals surface area contributed by atoms with Crippen LogP contribution >= 0.6 is 0 Å². The van der Waals surface area contributed by atoms with Gasteiger partial charge in [-0.05, 0) is 0 Å². The Balaban J connectivity index is -0.0000000702. The number of hydrogen-bond donors (Lipinski definition) is 4. The molecule has 0 heterocycles. The molecule has 0 bridgehead atoms. The molecule has 0 aromatic carbocycles. The van der Waals surface area contributed by atoms with Gasteiger partial charge in [-0.1, -0.05) is 0 Å². The van der Waals surface area contributed by atoms with E-state index in [9.17, 15) is 17.6 Å². The SMILES string of the molecule is O=C(O)C(=O)F.O=C(O)C(=O)F.O=C(O)C(=O)F.O=C(O)C(=O)F.[Zr]. The van der Waals surface area contributed by atoms with E-state index >= 15 is 0 Å². The predicted molar refractivity (Wildman–Crippen MR) is 55.0 cm³/mol. The van der Waals surface area contributed by atoms with Gasteiger partial charge in [0.1, 0.15) is 0 Å². The van der Waals surface area contributed by atoms with Crippen molar-refractivity contribution in [3.05, 3.63) is 0 Å². The summed E-state index contributed by atoms with van der Waals surface area (Å²) in [5, 5.41) is 29.1. The molecule has 0 rings (SSSR count). The molecule has 12 nitrogen and oxygen atoms in total. The molecule has 0 aliphatic carbocycles. The second-order valence-electron chi connectivity index (χ2n) is 2.32. The van der Waals surface area contributed by atoms with E-state index in [-0.39, 0.29) is 26.2 Å². The topological polar surface area (TPSA) is 217 Å². The first-order valence-electron chi connectivity index (χ1n) is 4.28. The number of carboxylic acids is 4. The van der Waals surface area contributed by atoms with Crippen molar-refractivity contribution in [1.29, 1.82) is 0 Å². The molecule has 17 heteroatoms. The molecular formula is C8H4F4O12Zr. The minimum absolute atomic E-state index is 0. The van der Waals surface area contributed by atoms with Crippen molar-refractivity contribution in [2.75, 3.05) is 0 Å². The molecule has 0 saturated heterocycles. The standard InChI is InChI=1S/4C2HFO3.Zr/c4*3-1(4)2(5)6;/h4*(H,5,6);. The minimum Gasteiger partial charge on any atom is -0.473 e. The van der Waals surface area contributed by atoms with Gasteiger partial charge < -0.3 is 20.4 Å². The van der Waals surface area contributed by atoms with Crippen molar-refractivity contribution in [2.24, 2.45) is 0 Å². The first-order chi connectivity index (χ1) is 10.6. The Kier molecular flexibility index (Phi) is 25.9. The molecule has 140 valence electrons. The Bertz CT molecular complexity index is 401. The predicted octanol–water partition coefficient (Wildman–Crippen LogP) is -1.73. The van der Waals surface area contributed by atoms with E-state index < -0.39 is 48.0 Å². The minimum atomic E-state index is -2.32. The van der Waals surface area contributed by atoms with Crippen LogP contribution in [0.3, 0.4) is 0 Å². The summed E-state index contributed by atoms with van der Waals surface area (Å²) in [4.78, 5) is 71.4. The van der Waals surface area contributed by atoms with E-state index in [1.807, 2.05) is 0 Å². The summed E-state index contributed by atoms with van der Waals surface area (Å²) < 4.78 is 42.3. The number of hydrogen-bond acceptors (Lipinski definition) is 8. The van der Waals surface area contributed by atoms with Crippen molar-refractivity contribution in [1.82, 2.24) is 0 Å². The van der Waals surface area contributed by atoms with Crippen molar-refractivity contribution in [3.8, 4) is 0 Å². The summed E-state index contributed by atoms with van der Waals surface area (Å²) in [6.45, 7) is 0. The number of rotatable bonds is 4. The Morgan fingerprint density at radius 3 is 0.440 bits per heavy atom. The molecule has 0 saturated carbocycles. The van der Waals surface area contributed by atoms with E-state index in [2.05, 4.69) is 0 Å². The number of carbonyl (C=O) groups excluding carboxylic acids is 4. The monoisotopic (exact) mass is 458 g/mol. The van der Waals surface area contributed by atoms with Crippen LogP contribution in [0, 0.1) is 0 Å². The molecular weight excluding hydrogens is 455 g/mol. The van der Waals surface area contributed by atoms with E-state index in [4.69, 9.17) is 58.8 Å². The van der Waals surface area contributed by atoms with Crippen LogP contribution in [0.25, 0.3) is 0 Å². The third-order valence-electron chi connectivity index (χ3n) is 0.673. The largest absolute Gasteiger partial charge is 0.473 e. The normalized spacial score (nSPS) is 7.20. The molecule has 0 spiro atoms. The average Bonchev–Trinajstić information content (AvgIpc) is 2.40. The van der Waals surface area contributed by atoms with Crippen LogP contribution in [0.4, 0.5) is 17.6 Å². The second-order valence-corrected chi connectivity index (χ2v) is 2.32. The fourth-order valence-corrected chi connectivity index (χ4v) is 0. The van der Waals surface area contributed by atoms with Gasteiger partial charge in [-0.15, -0.1) is 0 Å². The van der Waals surface area contributed by atoms with Gasteiger partial charge in [0.2, 0.25) is 0 Å². The number of carboxylic acid groups (broad SMARTS) is 4. The van der Waals surface area contributed by atoms with Crippen molar-refractivity contribution >= 4 is 48.0 Å². The van der Waals surface area contributed by atoms with Gasteiger partial charge in [-0.2, -0.15) is 17.6 Å². The molecule has 0 aliphatic rings. The van der Waals surface area contributed by atoms with Gasteiger partial charge >= 0.3 is 48.0 Å². The molecule has 25 heavy (non-hydrogen) atoms. The second kappa shape index (κ2) is 19.2. The molecule has 0 fully saturated rings. The molecule has 0 aromatic rings. The third-order valence-corrected chi connectivity index (χ3v) is 0.673. The Labute approximate surface area is 151 Å². The third kappa shape index (κ3) is 44.9. The first kappa shape index (κ1) is 33.7. The molecule has 4 N–H and O–H groups in total.